The zero-order chi connectivity index (χ0) is 11.7. The van der Waals surface area contributed by atoms with Crippen LogP contribution in [0.5, 0.6) is 0 Å². The lowest BCUT2D eigenvalue weighted by molar-refractivity contribution is 0.312. The molecule has 1 atom stereocenters. The third kappa shape index (κ3) is 2.13. The molecule has 0 amide bonds. The lowest BCUT2D eigenvalue weighted by atomic mass is 9.74. The van der Waals surface area contributed by atoms with Crippen molar-refractivity contribution in [2.45, 2.75) is 63.3 Å². The number of aromatic amines is 1. The van der Waals surface area contributed by atoms with E-state index >= 15 is 0 Å². The van der Waals surface area contributed by atoms with Gasteiger partial charge in [-0.25, -0.2) is 4.98 Å². The summed E-state index contributed by atoms with van der Waals surface area (Å²) in [6.07, 6.45) is 11.3. The first-order valence-corrected chi connectivity index (χ1v) is 7.07. The van der Waals surface area contributed by atoms with Crippen LogP contribution >= 0.6 is 0 Å². The molecule has 1 aromatic rings. The van der Waals surface area contributed by atoms with Crippen molar-refractivity contribution >= 4 is 0 Å². The second-order valence-corrected chi connectivity index (χ2v) is 5.95. The Kier molecular flexibility index (Phi) is 2.95. The van der Waals surface area contributed by atoms with Crippen molar-refractivity contribution in [3.63, 3.8) is 0 Å². The maximum absolute atomic E-state index is 4.60. The van der Waals surface area contributed by atoms with E-state index in [0.717, 1.165) is 12.4 Å². The Bertz CT molecular complexity index is 371. The zero-order valence-electron chi connectivity index (χ0n) is 10.8. The Labute approximate surface area is 103 Å². The minimum Gasteiger partial charge on any atom is -0.344 e. The van der Waals surface area contributed by atoms with Crippen LogP contribution in [0.4, 0.5) is 0 Å². The van der Waals surface area contributed by atoms with Crippen molar-refractivity contribution in [2.24, 2.45) is 0 Å². The highest BCUT2D eigenvalue weighted by Crippen LogP contribution is 2.38. The molecule has 0 aromatic carbocycles. The molecule has 0 bridgehead atoms. The summed E-state index contributed by atoms with van der Waals surface area (Å²) in [5.74, 6) is 1.16. The molecule has 0 spiro atoms. The highest BCUT2D eigenvalue weighted by Gasteiger charge is 2.31. The van der Waals surface area contributed by atoms with Crippen molar-refractivity contribution < 1.29 is 0 Å². The summed E-state index contributed by atoms with van der Waals surface area (Å²) in [4.78, 5) is 8.19. The fourth-order valence-corrected chi connectivity index (χ4v) is 3.34. The first-order valence-electron chi connectivity index (χ1n) is 7.07. The number of nitrogens with one attached hydrogen (secondary N) is 2. The van der Waals surface area contributed by atoms with Crippen LogP contribution < -0.4 is 5.32 Å². The molecule has 1 saturated carbocycles. The number of aromatic nitrogens is 2. The molecule has 0 radical (unpaired) electrons. The summed E-state index contributed by atoms with van der Waals surface area (Å²) in [7, 11) is 0. The van der Waals surface area contributed by atoms with E-state index in [9.17, 15) is 0 Å². The predicted octanol–water partition coefficient (Wildman–Crippen LogP) is 3.06. The molecule has 1 aliphatic carbocycles. The van der Waals surface area contributed by atoms with E-state index in [1.54, 1.807) is 0 Å². The lowest BCUT2D eigenvalue weighted by Gasteiger charge is -2.32. The summed E-state index contributed by atoms with van der Waals surface area (Å²) >= 11 is 0. The van der Waals surface area contributed by atoms with E-state index in [4.69, 9.17) is 0 Å². The summed E-state index contributed by atoms with van der Waals surface area (Å²) in [6, 6.07) is 0.468. The highest BCUT2D eigenvalue weighted by molar-refractivity contribution is 5.17. The maximum atomic E-state index is 4.60. The molecular formula is C14H23N3. The summed E-state index contributed by atoms with van der Waals surface area (Å²) < 4.78 is 0. The molecule has 3 rings (SSSR count). The number of hydrogen-bond acceptors (Lipinski definition) is 2. The van der Waals surface area contributed by atoms with Gasteiger partial charge in [0.05, 0.1) is 6.04 Å². The fourth-order valence-electron chi connectivity index (χ4n) is 3.34. The molecule has 3 nitrogen and oxygen atoms in total. The Morgan fingerprint density at radius 3 is 2.76 bits per heavy atom. The van der Waals surface area contributed by atoms with E-state index in [-0.39, 0.29) is 0 Å². The van der Waals surface area contributed by atoms with Gasteiger partial charge in [0.1, 0.15) is 5.82 Å². The smallest absolute Gasteiger partial charge is 0.123 e. The van der Waals surface area contributed by atoms with E-state index in [1.165, 1.54) is 50.6 Å². The highest BCUT2D eigenvalue weighted by atomic mass is 15.0. The van der Waals surface area contributed by atoms with Crippen LogP contribution in [0, 0.1) is 0 Å². The Morgan fingerprint density at radius 1 is 1.24 bits per heavy atom. The van der Waals surface area contributed by atoms with Gasteiger partial charge in [-0.05, 0) is 32.2 Å². The van der Waals surface area contributed by atoms with Gasteiger partial charge in [-0.3, -0.25) is 0 Å². The molecule has 2 aliphatic rings. The van der Waals surface area contributed by atoms with Crippen molar-refractivity contribution in [2.75, 3.05) is 6.54 Å². The first-order chi connectivity index (χ1) is 8.28. The molecule has 1 unspecified atom stereocenters. The zero-order valence-corrected chi connectivity index (χ0v) is 10.8. The minimum absolute atomic E-state index is 0.349. The number of rotatable bonds is 2. The van der Waals surface area contributed by atoms with Gasteiger partial charge >= 0.3 is 0 Å². The van der Waals surface area contributed by atoms with E-state index in [1.807, 2.05) is 0 Å². The molecule has 17 heavy (non-hydrogen) atoms. The van der Waals surface area contributed by atoms with Gasteiger partial charge in [-0.1, -0.05) is 26.2 Å². The molecule has 1 aliphatic heterocycles. The summed E-state index contributed by atoms with van der Waals surface area (Å²) in [5, 5.41) is 3.51. The second kappa shape index (κ2) is 4.45. The number of H-pyrrole nitrogens is 1. The van der Waals surface area contributed by atoms with Crippen LogP contribution in [0.2, 0.25) is 0 Å². The summed E-state index contributed by atoms with van der Waals surface area (Å²) in [5.41, 5.74) is 1.71. The first kappa shape index (κ1) is 11.3. The van der Waals surface area contributed by atoms with Crippen LogP contribution in [-0.4, -0.2) is 16.5 Å². The van der Waals surface area contributed by atoms with E-state index in [0.29, 0.717) is 11.5 Å². The molecule has 2 heterocycles. The third-order valence-electron chi connectivity index (χ3n) is 4.59. The van der Waals surface area contributed by atoms with Crippen molar-refractivity contribution in [1.29, 1.82) is 0 Å². The van der Waals surface area contributed by atoms with E-state index < -0.39 is 0 Å². The molecule has 1 saturated heterocycles. The topological polar surface area (TPSA) is 40.7 Å². The second-order valence-electron chi connectivity index (χ2n) is 5.95. The maximum Gasteiger partial charge on any atom is 0.123 e. The molecule has 1 aromatic heterocycles. The third-order valence-corrected chi connectivity index (χ3v) is 4.59. The van der Waals surface area contributed by atoms with Crippen molar-refractivity contribution in [1.82, 2.24) is 15.3 Å². The van der Waals surface area contributed by atoms with Gasteiger partial charge in [0, 0.05) is 17.3 Å². The average Bonchev–Trinajstić information content (AvgIpc) is 3.01. The Hall–Kier alpha value is -0.830. The number of nitrogens with zero attached hydrogens (tertiary/aromatic N) is 1. The van der Waals surface area contributed by atoms with Crippen molar-refractivity contribution in [3.05, 3.63) is 17.7 Å². The average molecular weight is 233 g/mol. The molecule has 2 fully saturated rings. The lowest BCUT2D eigenvalue weighted by Crippen LogP contribution is -2.25. The predicted molar refractivity (Wildman–Crippen MR) is 69.0 cm³/mol. The van der Waals surface area contributed by atoms with Crippen LogP contribution in [0.3, 0.4) is 0 Å². The standard InChI is InChI=1S/C14H23N3/c1-14(7-3-2-4-8-14)12-10-16-13(17-12)11-6-5-9-15-11/h10-11,15H,2-9H2,1H3,(H,16,17). The Morgan fingerprint density at radius 2 is 2.06 bits per heavy atom. The van der Waals surface area contributed by atoms with Crippen LogP contribution in [-0.2, 0) is 5.41 Å². The van der Waals surface area contributed by atoms with Gasteiger partial charge in [-0.15, -0.1) is 0 Å². The monoisotopic (exact) mass is 233 g/mol. The largest absolute Gasteiger partial charge is 0.344 e. The van der Waals surface area contributed by atoms with Crippen LogP contribution in [0.1, 0.15) is 69.4 Å². The minimum atomic E-state index is 0.349. The quantitative estimate of drug-likeness (QED) is 0.824. The van der Waals surface area contributed by atoms with Crippen LogP contribution in [0.25, 0.3) is 0 Å². The van der Waals surface area contributed by atoms with Gasteiger partial charge < -0.3 is 10.3 Å². The molecular weight excluding hydrogens is 210 g/mol. The van der Waals surface area contributed by atoms with Crippen LogP contribution in [0.15, 0.2) is 6.20 Å². The van der Waals surface area contributed by atoms with Gasteiger partial charge in [0.25, 0.3) is 0 Å². The summed E-state index contributed by atoms with van der Waals surface area (Å²) in [6.45, 7) is 3.53. The molecule has 2 N–H and O–H groups in total. The Balaban J connectivity index is 1.78. The van der Waals surface area contributed by atoms with Crippen molar-refractivity contribution in [3.8, 4) is 0 Å². The van der Waals surface area contributed by atoms with Gasteiger partial charge in [0.2, 0.25) is 0 Å². The molecule has 3 heteroatoms. The SMILES string of the molecule is CC1(c2cnc(C3CCCN3)[nH]2)CCCCC1. The molecule has 94 valence electrons. The van der Waals surface area contributed by atoms with E-state index in [2.05, 4.69) is 28.4 Å². The number of imidazole rings is 1. The number of hydrogen-bond donors (Lipinski definition) is 2. The van der Waals surface area contributed by atoms with Gasteiger partial charge in [-0.2, -0.15) is 0 Å². The van der Waals surface area contributed by atoms with Gasteiger partial charge in [0.15, 0.2) is 0 Å². The normalized spacial score (nSPS) is 28.4. The fraction of sp³-hybridized carbons (Fsp3) is 0.786.